The van der Waals surface area contributed by atoms with E-state index in [2.05, 4.69) is 6.07 Å². The van der Waals surface area contributed by atoms with Crippen molar-refractivity contribution in [3.63, 3.8) is 0 Å². The summed E-state index contributed by atoms with van der Waals surface area (Å²) in [6.45, 7) is 1.54. The lowest BCUT2D eigenvalue weighted by molar-refractivity contribution is -0.132. The van der Waals surface area contributed by atoms with Crippen LogP contribution in [0, 0.1) is 5.92 Å². The van der Waals surface area contributed by atoms with Crippen LogP contribution < -0.4 is 0 Å². The lowest BCUT2D eigenvalue weighted by Crippen LogP contribution is -2.34. The van der Waals surface area contributed by atoms with Crippen molar-refractivity contribution in [3.05, 3.63) is 56.7 Å². The monoisotopic (exact) mass is 419 g/mol. The van der Waals surface area contributed by atoms with Crippen LogP contribution in [0.4, 0.5) is 0 Å². The quantitative estimate of drug-likeness (QED) is 0.509. The molecule has 1 amide bonds. The molecule has 1 aromatic heterocycles. The number of esters is 1. The molecule has 0 bridgehead atoms. The van der Waals surface area contributed by atoms with Crippen LogP contribution in [0.15, 0.2) is 36.4 Å². The number of carbonyl (C=O) groups excluding carboxylic acids is 2. The Balaban J connectivity index is 1.48. The highest BCUT2D eigenvalue weighted by Gasteiger charge is 2.32. The minimum absolute atomic E-state index is 0.235. The zero-order chi connectivity index (χ0) is 19.9. The van der Waals surface area contributed by atoms with Gasteiger partial charge in [-0.25, -0.2) is 4.79 Å². The number of benzene rings is 1. The highest BCUT2D eigenvalue weighted by molar-refractivity contribution is 7.13. The maximum Gasteiger partial charge on any atom is 0.348 e. The van der Waals surface area contributed by atoms with Gasteiger partial charge >= 0.3 is 5.97 Å². The third kappa shape index (κ3) is 6.08. The molecule has 1 aromatic carbocycles. The average molecular weight is 420 g/mol. The van der Waals surface area contributed by atoms with Gasteiger partial charge in [0.25, 0.3) is 0 Å². The van der Waals surface area contributed by atoms with Gasteiger partial charge in [-0.05, 0) is 68.4 Å². The van der Waals surface area contributed by atoms with E-state index in [9.17, 15) is 9.59 Å². The van der Waals surface area contributed by atoms with Gasteiger partial charge in [0.05, 0.1) is 7.11 Å². The molecular formula is C22H26ClNO3S. The number of carbonyl (C=O) groups is 2. The molecule has 28 heavy (non-hydrogen) atoms. The second-order valence-corrected chi connectivity index (χ2v) is 8.80. The predicted molar refractivity (Wildman–Crippen MR) is 113 cm³/mol. The van der Waals surface area contributed by atoms with Crippen LogP contribution in [0.1, 0.15) is 45.8 Å². The van der Waals surface area contributed by atoms with Gasteiger partial charge in [-0.15, -0.1) is 11.3 Å². The van der Waals surface area contributed by atoms with Crippen molar-refractivity contribution < 1.29 is 14.3 Å². The highest BCUT2D eigenvalue weighted by atomic mass is 35.5. The van der Waals surface area contributed by atoms with Crippen molar-refractivity contribution in [2.24, 2.45) is 5.92 Å². The first-order valence-corrected chi connectivity index (χ1v) is 11.0. The Morgan fingerprint density at radius 3 is 2.57 bits per heavy atom. The Kier molecular flexibility index (Phi) is 7.51. The van der Waals surface area contributed by atoms with Crippen molar-refractivity contribution >= 4 is 34.8 Å². The molecule has 1 fully saturated rings. The summed E-state index contributed by atoms with van der Waals surface area (Å²) in [5.41, 5.74) is 1.21. The van der Waals surface area contributed by atoms with E-state index < -0.39 is 0 Å². The van der Waals surface area contributed by atoms with Crippen LogP contribution in [0.2, 0.25) is 5.02 Å². The van der Waals surface area contributed by atoms with E-state index in [-0.39, 0.29) is 11.9 Å². The van der Waals surface area contributed by atoms with Crippen LogP contribution in [-0.2, 0) is 22.4 Å². The maximum absolute atomic E-state index is 12.6. The number of amides is 1. The number of thiophene rings is 1. The van der Waals surface area contributed by atoms with Gasteiger partial charge in [-0.3, -0.25) is 4.79 Å². The number of hydrogen-bond donors (Lipinski definition) is 0. The smallest absolute Gasteiger partial charge is 0.348 e. The van der Waals surface area contributed by atoms with Gasteiger partial charge < -0.3 is 9.64 Å². The molecular weight excluding hydrogens is 394 g/mol. The molecule has 1 aliphatic rings. The van der Waals surface area contributed by atoms with Crippen molar-refractivity contribution in [1.29, 1.82) is 0 Å². The number of rotatable bonds is 10. The number of ether oxygens (including phenoxy) is 1. The van der Waals surface area contributed by atoms with E-state index >= 15 is 0 Å². The maximum atomic E-state index is 12.6. The zero-order valence-corrected chi connectivity index (χ0v) is 17.7. The average Bonchev–Trinajstić information content (AvgIpc) is 3.44. The van der Waals surface area contributed by atoms with Gasteiger partial charge in [-0.1, -0.05) is 23.7 Å². The molecule has 0 N–H and O–H groups in total. The largest absolute Gasteiger partial charge is 0.465 e. The number of nitrogens with zero attached hydrogens (tertiary/aromatic N) is 1. The molecule has 0 unspecified atom stereocenters. The molecule has 3 rings (SSSR count). The summed E-state index contributed by atoms with van der Waals surface area (Å²) in [5.74, 6) is 0.245. The van der Waals surface area contributed by atoms with Gasteiger partial charge in [0.1, 0.15) is 4.88 Å². The number of methoxy groups -OCH3 is 1. The second kappa shape index (κ2) is 10.1. The first kappa shape index (κ1) is 20.9. The van der Waals surface area contributed by atoms with Crippen molar-refractivity contribution in [2.75, 3.05) is 20.2 Å². The number of hydrogen-bond acceptors (Lipinski definition) is 4. The molecule has 0 aliphatic heterocycles. The van der Waals surface area contributed by atoms with Crippen LogP contribution in [-0.4, -0.2) is 37.0 Å². The van der Waals surface area contributed by atoms with Gasteiger partial charge in [0.15, 0.2) is 0 Å². The van der Waals surface area contributed by atoms with Crippen LogP contribution in [0.5, 0.6) is 0 Å². The van der Waals surface area contributed by atoms with Crippen LogP contribution >= 0.6 is 22.9 Å². The topological polar surface area (TPSA) is 46.6 Å². The number of halogens is 1. The molecule has 0 spiro atoms. The Morgan fingerprint density at radius 1 is 1.14 bits per heavy atom. The first-order chi connectivity index (χ1) is 13.6. The SMILES string of the molecule is COC(=O)c1ccc(CCCN(CCCc2cccc(Cl)c2)C(=O)C2CC2)s1. The Hall–Kier alpha value is -1.85. The molecule has 2 aromatic rings. The standard InChI is InChI=1S/C22H26ClNO3S/c1-27-22(26)20-12-11-19(28-20)8-4-14-24(21(25)17-9-10-17)13-3-6-16-5-2-7-18(23)15-16/h2,5,7,11-12,15,17H,3-4,6,8-10,13-14H2,1H3. The lowest BCUT2D eigenvalue weighted by atomic mass is 10.1. The Morgan fingerprint density at radius 2 is 1.89 bits per heavy atom. The van der Waals surface area contributed by atoms with Crippen molar-refractivity contribution in [3.8, 4) is 0 Å². The number of aryl methyl sites for hydroxylation is 2. The summed E-state index contributed by atoms with van der Waals surface area (Å²) in [6, 6.07) is 11.7. The Labute approximate surface area is 175 Å². The van der Waals surface area contributed by atoms with Crippen molar-refractivity contribution in [1.82, 2.24) is 4.90 Å². The fraction of sp³-hybridized carbons (Fsp3) is 0.455. The van der Waals surface area contributed by atoms with E-state index in [1.165, 1.54) is 24.0 Å². The summed E-state index contributed by atoms with van der Waals surface area (Å²) in [4.78, 5) is 28.0. The molecule has 0 saturated heterocycles. The van der Waals surface area contributed by atoms with Gasteiger partial charge in [-0.2, -0.15) is 0 Å². The molecule has 6 heteroatoms. The molecule has 0 atom stereocenters. The van der Waals surface area contributed by atoms with E-state index in [4.69, 9.17) is 16.3 Å². The predicted octanol–water partition coefficient (Wildman–Crippen LogP) is 4.99. The van der Waals surface area contributed by atoms with Gasteiger partial charge in [0, 0.05) is 28.9 Å². The molecule has 1 saturated carbocycles. The minimum atomic E-state index is -0.289. The van der Waals surface area contributed by atoms with Gasteiger partial charge in [0.2, 0.25) is 5.91 Å². The summed E-state index contributed by atoms with van der Waals surface area (Å²) in [7, 11) is 1.40. The van der Waals surface area contributed by atoms with E-state index in [0.717, 1.165) is 61.5 Å². The van der Waals surface area contributed by atoms with Crippen LogP contribution in [0.3, 0.4) is 0 Å². The minimum Gasteiger partial charge on any atom is -0.465 e. The molecule has 1 heterocycles. The second-order valence-electron chi connectivity index (χ2n) is 7.19. The molecule has 1 aliphatic carbocycles. The third-order valence-corrected chi connectivity index (χ3v) is 6.28. The summed E-state index contributed by atoms with van der Waals surface area (Å²) in [6.07, 6.45) is 5.67. The van der Waals surface area contributed by atoms with Crippen LogP contribution in [0.25, 0.3) is 0 Å². The fourth-order valence-corrected chi connectivity index (χ4v) is 4.43. The molecule has 150 valence electrons. The van der Waals surface area contributed by atoms with E-state index in [1.807, 2.05) is 35.2 Å². The molecule has 4 nitrogen and oxygen atoms in total. The fourth-order valence-electron chi connectivity index (χ4n) is 3.25. The normalized spacial score (nSPS) is 13.4. The van der Waals surface area contributed by atoms with E-state index in [1.54, 1.807) is 0 Å². The lowest BCUT2D eigenvalue weighted by Gasteiger charge is -2.23. The Bertz CT molecular complexity index is 816. The summed E-state index contributed by atoms with van der Waals surface area (Å²) < 4.78 is 4.76. The summed E-state index contributed by atoms with van der Waals surface area (Å²) >= 11 is 7.52. The summed E-state index contributed by atoms with van der Waals surface area (Å²) in [5, 5.41) is 0.755. The van der Waals surface area contributed by atoms with E-state index in [0.29, 0.717) is 10.8 Å². The molecule has 0 radical (unpaired) electrons. The third-order valence-electron chi connectivity index (χ3n) is 4.92. The van der Waals surface area contributed by atoms with Crippen molar-refractivity contribution in [2.45, 2.75) is 38.5 Å². The zero-order valence-electron chi connectivity index (χ0n) is 16.2. The highest BCUT2D eigenvalue weighted by Crippen LogP contribution is 2.31. The first-order valence-electron chi connectivity index (χ1n) is 9.77.